The summed E-state index contributed by atoms with van der Waals surface area (Å²) in [5, 5.41) is 7.60. The largest absolute Gasteiger partial charge is 0.319 e. The highest BCUT2D eigenvalue weighted by atomic mass is 31.2. The molecule has 0 radical (unpaired) electrons. The predicted octanol–water partition coefficient (Wildman–Crippen LogP) is 4.19. The molecule has 0 amide bonds. The molecular weight excluding hydrogens is 269 g/mol. The molecule has 1 heterocycles. The van der Waals surface area contributed by atoms with Crippen LogP contribution in [0.4, 0.5) is 11.4 Å². The second-order valence-corrected chi connectivity index (χ2v) is 7.12. The van der Waals surface area contributed by atoms with E-state index in [2.05, 4.69) is 10.2 Å². The number of benzene rings is 2. The van der Waals surface area contributed by atoms with Crippen LogP contribution in [0, 0.1) is 0 Å². The lowest BCUT2D eigenvalue weighted by atomic mass is 10.3. The van der Waals surface area contributed by atoms with E-state index in [0.29, 0.717) is 6.16 Å². The maximum Gasteiger partial charge on any atom is 0.285 e. The van der Waals surface area contributed by atoms with Crippen molar-refractivity contribution < 1.29 is 4.57 Å². The van der Waals surface area contributed by atoms with E-state index < -0.39 is 7.44 Å². The Bertz CT molecular complexity index is 670. The quantitative estimate of drug-likeness (QED) is 0.860. The van der Waals surface area contributed by atoms with Gasteiger partial charge in [-0.1, -0.05) is 36.4 Å². The van der Waals surface area contributed by atoms with Crippen LogP contribution in [0.3, 0.4) is 0 Å². The van der Waals surface area contributed by atoms with Crippen LogP contribution in [0.15, 0.2) is 65.8 Å². The van der Waals surface area contributed by atoms with Crippen molar-refractivity contribution in [2.45, 2.75) is 6.92 Å². The highest BCUT2D eigenvalue weighted by Gasteiger charge is 2.37. The third-order valence-electron chi connectivity index (χ3n) is 3.08. The minimum atomic E-state index is -2.80. The average Bonchev–Trinajstić information content (AvgIpc) is 2.75. The van der Waals surface area contributed by atoms with Gasteiger partial charge in [0.15, 0.2) is 0 Å². The van der Waals surface area contributed by atoms with E-state index >= 15 is 0 Å². The lowest BCUT2D eigenvalue weighted by molar-refractivity contribution is 0.579. The first-order chi connectivity index (χ1) is 9.67. The summed E-state index contributed by atoms with van der Waals surface area (Å²) in [5.41, 5.74) is 2.57. The molecule has 0 saturated heterocycles. The monoisotopic (exact) mass is 285 g/mol. The summed E-state index contributed by atoms with van der Waals surface area (Å²) in [6, 6.07) is 19.2. The number of para-hydroxylation sites is 2. The van der Waals surface area contributed by atoms with E-state index in [4.69, 9.17) is 0 Å². The second kappa shape index (κ2) is 5.14. The molecule has 0 saturated carbocycles. The summed E-state index contributed by atoms with van der Waals surface area (Å²) in [6.07, 6.45) is 0.455. The van der Waals surface area contributed by atoms with Gasteiger partial charge in [-0.05, 0) is 31.2 Å². The van der Waals surface area contributed by atoms with E-state index in [-0.39, 0.29) is 0 Å². The van der Waals surface area contributed by atoms with Crippen LogP contribution in [-0.4, -0.2) is 11.9 Å². The Morgan fingerprint density at radius 3 is 2.30 bits per heavy atom. The van der Waals surface area contributed by atoms with Gasteiger partial charge in [0, 0.05) is 11.4 Å². The molecular formula is C15H16N3OP. The van der Waals surface area contributed by atoms with Crippen molar-refractivity contribution in [3.05, 3.63) is 60.7 Å². The molecule has 20 heavy (non-hydrogen) atoms. The van der Waals surface area contributed by atoms with Crippen molar-refractivity contribution in [1.29, 1.82) is 0 Å². The molecule has 4 nitrogen and oxygen atoms in total. The maximum atomic E-state index is 13.2. The molecule has 0 fully saturated rings. The summed E-state index contributed by atoms with van der Waals surface area (Å²) >= 11 is 0. The fourth-order valence-electron chi connectivity index (χ4n) is 2.25. The van der Waals surface area contributed by atoms with Crippen LogP contribution in [0.5, 0.6) is 0 Å². The van der Waals surface area contributed by atoms with Crippen molar-refractivity contribution in [1.82, 2.24) is 0 Å². The average molecular weight is 285 g/mol. The van der Waals surface area contributed by atoms with Gasteiger partial charge < -0.3 is 5.09 Å². The molecule has 2 aromatic rings. The highest BCUT2D eigenvalue weighted by Crippen LogP contribution is 2.55. The lowest BCUT2D eigenvalue weighted by Gasteiger charge is -2.25. The van der Waals surface area contributed by atoms with Gasteiger partial charge in [0.25, 0.3) is 7.44 Å². The van der Waals surface area contributed by atoms with Gasteiger partial charge in [0.1, 0.15) is 0 Å². The van der Waals surface area contributed by atoms with Crippen LogP contribution in [-0.2, 0) is 4.57 Å². The second-order valence-electron chi connectivity index (χ2n) is 4.80. The third kappa shape index (κ3) is 2.47. The zero-order valence-corrected chi connectivity index (χ0v) is 12.1. The number of rotatable bonds is 3. The van der Waals surface area contributed by atoms with Gasteiger partial charge >= 0.3 is 0 Å². The minimum Gasteiger partial charge on any atom is -0.319 e. The molecule has 1 N–H and O–H groups in total. The lowest BCUT2D eigenvalue weighted by Crippen LogP contribution is -2.15. The molecule has 1 aliphatic heterocycles. The zero-order valence-electron chi connectivity index (χ0n) is 11.2. The SMILES string of the molecule is CC1=NN(c2ccccc2)P(=O)(Nc2ccccc2)C1. The first kappa shape index (κ1) is 12.9. The molecule has 102 valence electrons. The highest BCUT2D eigenvalue weighted by molar-refractivity contribution is 7.68. The molecule has 0 aliphatic carbocycles. The molecule has 1 unspecified atom stereocenters. The number of nitrogens with one attached hydrogen (secondary N) is 1. The van der Waals surface area contributed by atoms with Crippen molar-refractivity contribution in [3.63, 3.8) is 0 Å². The maximum absolute atomic E-state index is 13.2. The van der Waals surface area contributed by atoms with Crippen molar-refractivity contribution in [2.24, 2.45) is 5.10 Å². The smallest absolute Gasteiger partial charge is 0.285 e. The topological polar surface area (TPSA) is 44.7 Å². The van der Waals surface area contributed by atoms with Crippen molar-refractivity contribution >= 4 is 24.5 Å². The summed E-state index contributed by atoms with van der Waals surface area (Å²) in [4.78, 5) is 0. The Balaban J connectivity index is 1.94. The van der Waals surface area contributed by atoms with E-state index in [1.54, 1.807) is 4.78 Å². The Labute approximate surface area is 118 Å². The molecule has 1 atom stereocenters. The van der Waals surface area contributed by atoms with Gasteiger partial charge in [0.05, 0.1) is 11.8 Å². The Kier molecular flexibility index (Phi) is 3.33. The van der Waals surface area contributed by atoms with Crippen LogP contribution in [0.25, 0.3) is 0 Å². The predicted molar refractivity (Wildman–Crippen MR) is 84.6 cm³/mol. The van der Waals surface area contributed by atoms with E-state index in [1.165, 1.54) is 0 Å². The Morgan fingerprint density at radius 1 is 1.05 bits per heavy atom. The standard InChI is InChI=1S/C15H16N3OP/c1-13-12-20(19,17-14-8-4-2-5-9-14)18(16-13)15-10-6-3-7-11-15/h2-11H,12H2,1H3,(H,17,19). The fraction of sp³-hybridized carbons (Fsp3) is 0.133. The first-order valence-corrected chi connectivity index (χ1v) is 8.34. The van der Waals surface area contributed by atoms with Gasteiger partial charge in [-0.3, -0.25) is 4.57 Å². The Morgan fingerprint density at radius 2 is 1.65 bits per heavy atom. The van der Waals surface area contributed by atoms with Gasteiger partial charge in [-0.25, -0.2) is 0 Å². The first-order valence-electron chi connectivity index (χ1n) is 6.49. The molecule has 0 bridgehead atoms. The summed E-state index contributed by atoms with van der Waals surface area (Å²) < 4.78 is 14.9. The summed E-state index contributed by atoms with van der Waals surface area (Å²) in [7, 11) is -2.80. The van der Waals surface area contributed by atoms with Crippen LogP contribution in [0.2, 0.25) is 0 Å². The number of hydrazone groups is 1. The molecule has 5 heteroatoms. The normalized spacial score (nSPS) is 21.6. The minimum absolute atomic E-state index is 0.455. The van der Waals surface area contributed by atoms with Crippen LogP contribution in [0.1, 0.15) is 6.92 Å². The van der Waals surface area contributed by atoms with Gasteiger partial charge in [0.2, 0.25) is 0 Å². The number of anilines is 2. The van der Waals surface area contributed by atoms with Crippen molar-refractivity contribution in [2.75, 3.05) is 16.0 Å². The summed E-state index contributed by atoms with van der Waals surface area (Å²) in [5.74, 6) is 0. The zero-order chi connectivity index (χ0) is 14.0. The molecule has 2 aromatic carbocycles. The Hall–Kier alpha value is -2.06. The van der Waals surface area contributed by atoms with E-state index in [0.717, 1.165) is 17.1 Å². The third-order valence-corrected chi connectivity index (χ3v) is 5.51. The van der Waals surface area contributed by atoms with Crippen molar-refractivity contribution in [3.8, 4) is 0 Å². The van der Waals surface area contributed by atoms with Crippen LogP contribution < -0.4 is 9.87 Å². The van der Waals surface area contributed by atoms with Gasteiger partial charge in [-0.2, -0.15) is 9.88 Å². The molecule has 3 rings (SSSR count). The fourth-order valence-corrected chi connectivity index (χ4v) is 4.60. The van der Waals surface area contributed by atoms with Crippen LogP contribution >= 0.6 is 7.44 Å². The van der Waals surface area contributed by atoms with Gasteiger partial charge in [-0.15, -0.1) is 0 Å². The summed E-state index contributed by atoms with van der Waals surface area (Å²) in [6.45, 7) is 1.91. The number of hydrogen-bond donors (Lipinski definition) is 1. The number of nitrogens with zero attached hydrogens (tertiary/aromatic N) is 2. The number of hydrogen-bond acceptors (Lipinski definition) is 2. The molecule has 0 aromatic heterocycles. The molecule has 0 spiro atoms. The van der Waals surface area contributed by atoms with E-state index in [1.807, 2.05) is 67.6 Å². The van der Waals surface area contributed by atoms with E-state index in [9.17, 15) is 4.57 Å². The molecule has 1 aliphatic rings.